The van der Waals surface area contributed by atoms with E-state index in [0.29, 0.717) is 0 Å². The maximum atomic E-state index is 6.26. The zero-order chi connectivity index (χ0) is 9.53. The maximum Gasteiger partial charge on any atom is 0.0248 e. The van der Waals surface area contributed by atoms with Crippen molar-refractivity contribution in [2.45, 2.75) is 37.6 Å². The van der Waals surface area contributed by atoms with Gasteiger partial charge in [-0.15, -0.1) is 0 Å². The normalized spacial score (nSPS) is 19.9. The van der Waals surface area contributed by atoms with Crippen molar-refractivity contribution in [3.63, 3.8) is 0 Å². The summed E-state index contributed by atoms with van der Waals surface area (Å²) in [7, 11) is 0. The number of rotatable bonds is 2. The van der Waals surface area contributed by atoms with Gasteiger partial charge in [-0.2, -0.15) is 0 Å². The van der Waals surface area contributed by atoms with Crippen LogP contribution in [0, 0.1) is 0 Å². The van der Waals surface area contributed by atoms with Crippen molar-refractivity contribution >= 4 is 0 Å². The topological polar surface area (TPSA) is 26.0 Å². The predicted molar refractivity (Wildman–Crippen MR) is 55.6 cm³/mol. The molecule has 0 spiro atoms. The Morgan fingerprint density at radius 2 is 1.69 bits per heavy atom. The third-order valence-electron chi connectivity index (χ3n) is 3.53. The van der Waals surface area contributed by atoms with E-state index < -0.39 is 0 Å². The molecule has 1 saturated carbocycles. The first kappa shape index (κ1) is 8.76. The lowest BCUT2D eigenvalue weighted by atomic mass is 9.76. The predicted octanol–water partition coefficient (Wildman–Crippen LogP) is 2.46. The SMILES string of the molecule is CC(C)(c1ccccc1)C1(N)CC1. The molecule has 0 heterocycles. The van der Waals surface area contributed by atoms with Crippen LogP contribution in [0.5, 0.6) is 0 Å². The molecule has 1 nitrogen and oxygen atoms in total. The van der Waals surface area contributed by atoms with Crippen LogP contribution in [0.15, 0.2) is 30.3 Å². The van der Waals surface area contributed by atoms with Crippen molar-refractivity contribution in [1.82, 2.24) is 0 Å². The Bertz CT molecular complexity index is 296. The summed E-state index contributed by atoms with van der Waals surface area (Å²) >= 11 is 0. The summed E-state index contributed by atoms with van der Waals surface area (Å²) in [6.45, 7) is 4.49. The molecule has 0 bridgehead atoms. The van der Waals surface area contributed by atoms with E-state index in [0.717, 1.165) is 12.8 Å². The minimum atomic E-state index is 0.0500. The standard InChI is InChI=1S/C12H17N/c1-11(2,12(13)8-9-12)10-6-4-3-5-7-10/h3-7H,8-9,13H2,1-2H3. The highest BCUT2D eigenvalue weighted by molar-refractivity contribution is 5.32. The molecule has 1 heteroatoms. The Morgan fingerprint density at radius 1 is 1.15 bits per heavy atom. The molecule has 0 atom stereocenters. The second-order valence-corrected chi connectivity index (χ2v) is 4.65. The molecule has 1 aromatic carbocycles. The summed E-state index contributed by atoms with van der Waals surface area (Å²) < 4.78 is 0. The highest BCUT2D eigenvalue weighted by Gasteiger charge is 2.51. The van der Waals surface area contributed by atoms with Crippen molar-refractivity contribution in [2.75, 3.05) is 0 Å². The number of nitrogens with two attached hydrogens (primary N) is 1. The van der Waals surface area contributed by atoms with Crippen molar-refractivity contribution in [3.8, 4) is 0 Å². The molecule has 2 rings (SSSR count). The van der Waals surface area contributed by atoms with Gasteiger partial charge in [-0.05, 0) is 18.4 Å². The molecule has 0 unspecified atom stereocenters. The molecule has 1 aliphatic carbocycles. The van der Waals surface area contributed by atoms with Crippen LogP contribution in [-0.2, 0) is 5.41 Å². The zero-order valence-corrected chi connectivity index (χ0v) is 8.38. The quantitative estimate of drug-likeness (QED) is 0.734. The van der Waals surface area contributed by atoms with Crippen LogP contribution in [-0.4, -0.2) is 5.54 Å². The van der Waals surface area contributed by atoms with E-state index in [1.165, 1.54) is 5.56 Å². The first-order valence-corrected chi connectivity index (χ1v) is 4.91. The summed E-state index contributed by atoms with van der Waals surface area (Å²) in [6.07, 6.45) is 2.32. The van der Waals surface area contributed by atoms with Crippen LogP contribution < -0.4 is 5.73 Å². The molecule has 0 amide bonds. The molecule has 0 aromatic heterocycles. The molecule has 0 radical (unpaired) electrons. The van der Waals surface area contributed by atoms with Gasteiger partial charge in [-0.1, -0.05) is 44.2 Å². The Kier molecular flexibility index (Phi) is 1.74. The molecule has 2 N–H and O–H groups in total. The highest BCUT2D eigenvalue weighted by atomic mass is 14.9. The highest BCUT2D eigenvalue weighted by Crippen LogP contribution is 2.48. The maximum absolute atomic E-state index is 6.26. The van der Waals surface area contributed by atoms with Crippen LogP contribution in [0.2, 0.25) is 0 Å². The second-order valence-electron chi connectivity index (χ2n) is 4.65. The number of hydrogen-bond donors (Lipinski definition) is 1. The van der Waals surface area contributed by atoms with Crippen LogP contribution in [0.4, 0.5) is 0 Å². The van der Waals surface area contributed by atoms with Crippen LogP contribution in [0.3, 0.4) is 0 Å². The van der Waals surface area contributed by atoms with Gasteiger partial charge in [-0.3, -0.25) is 0 Å². The van der Waals surface area contributed by atoms with Crippen LogP contribution >= 0.6 is 0 Å². The summed E-state index contributed by atoms with van der Waals surface area (Å²) in [5.41, 5.74) is 7.78. The van der Waals surface area contributed by atoms with Crippen LogP contribution in [0.25, 0.3) is 0 Å². The fraction of sp³-hybridized carbons (Fsp3) is 0.500. The lowest BCUT2D eigenvalue weighted by molar-refractivity contribution is 0.391. The van der Waals surface area contributed by atoms with Gasteiger partial charge in [0.1, 0.15) is 0 Å². The Hall–Kier alpha value is -0.820. The summed E-state index contributed by atoms with van der Waals surface area (Å²) in [5.74, 6) is 0. The fourth-order valence-corrected chi connectivity index (χ4v) is 1.90. The first-order chi connectivity index (χ1) is 6.06. The Morgan fingerprint density at radius 3 is 2.15 bits per heavy atom. The van der Waals surface area contributed by atoms with Gasteiger partial charge in [0.15, 0.2) is 0 Å². The van der Waals surface area contributed by atoms with Gasteiger partial charge in [-0.25, -0.2) is 0 Å². The third-order valence-corrected chi connectivity index (χ3v) is 3.53. The molecule has 1 fully saturated rings. The summed E-state index contributed by atoms with van der Waals surface area (Å²) in [6, 6.07) is 10.6. The summed E-state index contributed by atoms with van der Waals surface area (Å²) in [4.78, 5) is 0. The fourth-order valence-electron chi connectivity index (χ4n) is 1.90. The second kappa shape index (κ2) is 2.58. The third kappa shape index (κ3) is 1.28. The Balaban J connectivity index is 2.35. The van der Waals surface area contributed by atoms with E-state index in [9.17, 15) is 0 Å². The Labute approximate surface area is 80.0 Å². The molecule has 13 heavy (non-hydrogen) atoms. The molecular formula is C12H17N. The van der Waals surface area contributed by atoms with E-state index in [4.69, 9.17) is 5.73 Å². The molecule has 70 valence electrons. The van der Waals surface area contributed by atoms with Gasteiger partial charge in [0.05, 0.1) is 0 Å². The average Bonchev–Trinajstić information content (AvgIpc) is 2.87. The first-order valence-electron chi connectivity index (χ1n) is 4.91. The monoisotopic (exact) mass is 175 g/mol. The van der Waals surface area contributed by atoms with E-state index in [1.54, 1.807) is 0 Å². The van der Waals surface area contributed by atoms with Gasteiger partial charge in [0.25, 0.3) is 0 Å². The van der Waals surface area contributed by atoms with Gasteiger partial charge in [0, 0.05) is 11.0 Å². The van der Waals surface area contributed by atoms with E-state index >= 15 is 0 Å². The minimum absolute atomic E-state index is 0.0500. The van der Waals surface area contributed by atoms with E-state index in [1.807, 2.05) is 0 Å². The molecule has 1 aromatic rings. The lowest BCUT2D eigenvalue weighted by Crippen LogP contribution is -2.43. The van der Waals surface area contributed by atoms with Crippen molar-refractivity contribution in [3.05, 3.63) is 35.9 Å². The average molecular weight is 175 g/mol. The van der Waals surface area contributed by atoms with Gasteiger partial charge in [0.2, 0.25) is 0 Å². The number of hydrogen-bond acceptors (Lipinski definition) is 1. The van der Waals surface area contributed by atoms with E-state index in [2.05, 4.69) is 44.2 Å². The molecule has 0 saturated heterocycles. The minimum Gasteiger partial charge on any atom is -0.324 e. The molecule has 1 aliphatic rings. The zero-order valence-electron chi connectivity index (χ0n) is 8.38. The number of benzene rings is 1. The van der Waals surface area contributed by atoms with Crippen molar-refractivity contribution in [1.29, 1.82) is 0 Å². The van der Waals surface area contributed by atoms with Crippen LogP contribution in [0.1, 0.15) is 32.3 Å². The van der Waals surface area contributed by atoms with Gasteiger partial charge >= 0.3 is 0 Å². The molecular weight excluding hydrogens is 158 g/mol. The molecule has 0 aliphatic heterocycles. The van der Waals surface area contributed by atoms with E-state index in [-0.39, 0.29) is 11.0 Å². The lowest BCUT2D eigenvalue weighted by Gasteiger charge is -2.32. The van der Waals surface area contributed by atoms with Crippen molar-refractivity contribution < 1.29 is 0 Å². The smallest absolute Gasteiger partial charge is 0.0248 e. The largest absolute Gasteiger partial charge is 0.324 e. The van der Waals surface area contributed by atoms with Crippen molar-refractivity contribution in [2.24, 2.45) is 5.73 Å². The van der Waals surface area contributed by atoms with Gasteiger partial charge < -0.3 is 5.73 Å². The summed E-state index contributed by atoms with van der Waals surface area (Å²) in [5, 5.41) is 0.